The van der Waals surface area contributed by atoms with Gasteiger partial charge in [-0.25, -0.2) is 0 Å². The van der Waals surface area contributed by atoms with Crippen molar-refractivity contribution in [2.45, 2.75) is 5.92 Å². The van der Waals surface area contributed by atoms with Crippen molar-refractivity contribution in [2.75, 3.05) is 6.61 Å². The Morgan fingerprint density at radius 1 is 1.00 bits per heavy atom. The predicted molar refractivity (Wildman–Crippen MR) is 73.0 cm³/mol. The Hall–Kier alpha value is -0.981. The fourth-order valence-electron chi connectivity index (χ4n) is 2.57. The Morgan fingerprint density at radius 3 is 2.00 bits per heavy atom. The molecule has 0 aliphatic heterocycles. The van der Waals surface area contributed by atoms with Crippen LogP contribution < -0.4 is 0 Å². The zero-order chi connectivity index (χ0) is 12.5. The van der Waals surface area contributed by atoms with E-state index < -0.39 is 6.72 Å². The normalized spacial score (nSPS) is 14.2. The van der Waals surface area contributed by atoms with Gasteiger partial charge in [-0.1, -0.05) is 0 Å². The van der Waals surface area contributed by atoms with Crippen molar-refractivity contribution in [3.05, 3.63) is 59.7 Å². The van der Waals surface area contributed by atoms with E-state index in [0.717, 1.165) is 0 Å². The van der Waals surface area contributed by atoms with Crippen LogP contribution in [-0.2, 0) is 9.09 Å². The van der Waals surface area contributed by atoms with Crippen molar-refractivity contribution in [3.8, 4) is 11.1 Å². The molecule has 18 heavy (non-hydrogen) atoms. The fourth-order valence-corrected chi connectivity index (χ4v) is 3.23. The van der Waals surface area contributed by atoms with Gasteiger partial charge >= 0.3 is 115 Å². The van der Waals surface area contributed by atoms with Crippen LogP contribution in [0.4, 0.5) is 0 Å². The van der Waals surface area contributed by atoms with E-state index in [4.69, 9.17) is 4.52 Å². The molecule has 0 bridgehead atoms. The molecular formula is C14H11O2PSe+. The Morgan fingerprint density at radius 2 is 1.50 bits per heavy atom. The first-order valence-electron chi connectivity index (χ1n) is 5.73. The van der Waals surface area contributed by atoms with Crippen molar-refractivity contribution < 1.29 is 9.09 Å². The van der Waals surface area contributed by atoms with E-state index in [0.29, 0.717) is 6.61 Å². The molecule has 3 rings (SSSR count). The van der Waals surface area contributed by atoms with Gasteiger partial charge in [-0.05, 0) is 0 Å². The third-order valence-electron chi connectivity index (χ3n) is 3.31. The van der Waals surface area contributed by atoms with Crippen molar-refractivity contribution >= 4 is 22.3 Å². The van der Waals surface area contributed by atoms with Gasteiger partial charge in [0, 0.05) is 0 Å². The van der Waals surface area contributed by atoms with E-state index in [9.17, 15) is 4.57 Å². The standard InChI is InChI=1S/C14H11O2PSe/c15-17(18)16-9-14-12-7-3-1-5-10(12)11-6-2-4-8-13(11)14/h1-8,14H,9H2/q+1. The van der Waals surface area contributed by atoms with E-state index in [-0.39, 0.29) is 5.92 Å². The molecular weight excluding hydrogens is 310 g/mol. The molecule has 1 aliphatic carbocycles. The van der Waals surface area contributed by atoms with E-state index in [2.05, 4.69) is 39.8 Å². The molecule has 4 heteroatoms. The third-order valence-corrected chi connectivity index (χ3v) is 4.33. The third kappa shape index (κ3) is 2.04. The Bertz CT molecular complexity index is 567. The number of hydrogen-bond acceptors (Lipinski definition) is 2. The molecule has 89 valence electrons. The van der Waals surface area contributed by atoms with Gasteiger partial charge in [0.25, 0.3) is 0 Å². The van der Waals surface area contributed by atoms with Crippen LogP contribution in [0.5, 0.6) is 0 Å². The summed E-state index contributed by atoms with van der Waals surface area (Å²) in [5.74, 6) is 0.185. The van der Waals surface area contributed by atoms with E-state index in [1.165, 1.54) is 22.3 Å². The van der Waals surface area contributed by atoms with Gasteiger partial charge in [0.2, 0.25) is 0 Å². The Balaban J connectivity index is 2.06. The van der Waals surface area contributed by atoms with Gasteiger partial charge in [0.1, 0.15) is 0 Å². The van der Waals surface area contributed by atoms with Gasteiger partial charge in [-0.2, -0.15) is 0 Å². The zero-order valence-corrected chi connectivity index (χ0v) is 12.2. The van der Waals surface area contributed by atoms with Gasteiger partial charge in [0.05, 0.1) is 0 Å². The van der Waals surface area contributed by atoms with Crippen molar-refractivity contribution in [3.63, 3.8) is 0 Å². The average Bonchev–Trinajstić information content (AvgIpc) is 2.71. The Labute approximate surface area is 115 Å². The summed E-state index contributed by atoms with van der Waals surface area (Å²) < 4.78 is 16.4. The fraction of sp³-hybridized carbons (Fsp3) is 0.143. The molecule has 0 heterocycles. The molecule has 0 spiro atoms. The summed E-state index contributed by atoms with van der Waals surface area (Å²) in [5.41, 5.74) is 5.04. The summed E-state index contributed by atoms with van der Waals surface area (Å²) in [7, 11) is 0. The number of benzene rings is 2. The molecule has 1 aliphatic rings. The molecule has 0 saturated carbocycles. The van der Waals surface area contributed by atoms with Gasteiger partial charge in [-0.3, -0.25) is 0 Å². The van der Waals surface area contributed by atoms with E-state index in [1.54, 1.807) is 0 Å². The van der Waals surface area contributed by atoms with Crippen LogP contribution in [0.3, 0.4) is 0 Å². The second-order valence-corrected chi connectivity index (χ2v) is 6.83. The van der Waals surface area contributed by atoms with Crippen LogP contribution in [0.15, 0.2) is 48.5 Å². The summed E-state index contributed by atoms with van der Waals surface area (Å²) in [4.78, 5) is 0. The average molecular weight is 321 g/mol. The Kier molecular flexibility index (Phi) is 3.32. The molecule has 0 aromatic heterocycles. The van der Waals surface area contributed by atoms with Crippen LogP contribution >= 0.6 is 6.72 Å². The molecule has 1 unspecified atom stereocenters. The van der Waals surface area contributed by atoms with Crippen LogP contribution in [0, 0.1) is 0 Å². The topological polar surface area (TPSA) is 26.3 Å². The molecule has 1 atom stereocenters. The number of rotatable bonds is 3. The second kappa shape index (κ2) is 4.95. The van der Waals surface area contributed by atoms with Gasteiger partial charge in [0.15, 0.2) is 0 Å². The van der Waals surface area contributed by atoms with Gasteiger partial charge in [-0.15, -0.1) is 0 Å². The molecule has 2 nitrogen and oxygen atoms in total. The summed E-state index contributed by atoms with van der Waals surface area (Å²) >= 11 is 2.50. The summed E-state index contributed by atoms with van der Waals surface area (Å²) in [6, 6.07) is 16.7. The molecule has 0 N–H and O–H groups in total. The molecule has 0 amide bonds. The first-order valence-corrected chi connectivity index (χ1v) is 9.12. The first kappa shape index (κ1) is 12.1. The van der Waals surface area contributed by atoms with Crippen molar-refractivity contribution in [1.82, 2.24) is 0 Å². The van der Waals surface area contributed by atoms with E-state index >= 15 is 0 Å². The molecule has 2 aromatic rings. The minimum atomic E-state index is -1.67. The molecule has 0 fully saturated rings. The molecule has 2 aromatic carbocycles. The zero-order valence-electron chi connectivity index (χ0n) is 9.58. The maximum absolute atomic E-state index is 11.1. The van der Waals surface area contributed by atoms with Crippen LogP contribution in [0.2, 0.25) is 0 Å². The second-order valence-electron chi connectivity index (χ2n) is 4.25. The summed E-state index contributed by atoms with van der Waals surface area (Å²) in [6.07, 6.45) is 0. The quantitative estimate of drug-likeness (QED) is 0.637. The van der Waals surface area contributed by atoms with Crippen molar-refractivity contribution in [2.24, 2.45) is 0 Å². The summed E-state index contributed by atoms with van der Waals surface area (Å²) in [6.45, 7) is -1.22. The maximum atomic E-state index is 11.1. The van der Waals surface area contributed by atoms with Crippen LogP contribution in [-0.4, -0.2) is 22.2 Å². The minimum absolute atomic E-state index is 0.185. The molecule has 0 saturated heterocycles. The van der Waals surface area contributed by atoms with Crippen LogP contribution in [0.25, 0.3) is 11.1 Å². The monoisotopic (exact) mass is 322 g/mol. The SMILES string of the molecule is O=[P+]([Se])OCC1c2ccccc2-c2ccccc21. The number of hydrogen-bond donors (Lipinski definition) is 0. The predicted octanol–water partition coefficient (Wildman–Crippen LogP) is 3.64. The first-order chi connectivity index (χ1) is 8.77. The molecule has 1 radical (unpaired) electrons. The van der Waals surface area contributed by atoms with Crippen molar-refractivity contribution in [1.29, 1.82) is 0 Å². The van der Waals surface area contributed by atoms with Crippen LogP contribution in [0.1, 0.15) is 17.0 Å². The summed E-state index contributed by atoms with van der Waals surface area (Å²) in [5, 5.41) is 0. The van der Waals surface area contributed by atoms with Gasteiger partial charge < -0.3 is 0 Å². The van der Waals surface area contributed by atoms with E-state index in [1.807, 2.05) is 24.3 Å². The number of fused-ring (bicyclic) bond motifs is 3.